The van der Waals surface area contributed by atoms with Crippen LogP contribution in [0, 0.1) is 11.6 Å². The molecule has 1 aliphatic heterocycles. The number of hydrogen-bond donors (Lipinski definition) is 1. The predicted molar refractivity (Wildman–Crippen MR) is 66.7 cm³/mol. The average molecular weight is 281 g/mol. The van der Waals surface area contributed by atoms with Gasteiger partial charge in [-0.1, -0.05) is 0 Å². The third-order valence-corrected chi connectivity index (χ3v) is 3.36. The van der Waals surface area contributed by atoms with Gasteiger partial charge in [0.1, 0.15) is 11.6 Å². The molecule has 20 heavy (non-hydrogen) atoms. The van der Waals surface area contributed by atoms with Gasteiger partial charge in [-0.15, -0.1) is 5.10 Å². The summed E-state index contributed by atoms with van der Waals surface area (Å²) in [5.74, 6) is -1.28. The van der Waals surface area contributed by atoms with Crippen LogP contribution >= 0.6 is 0 Å². The van der Waals surface area contributed by atoms with Crippen LogP contribution in [-0.4, -0.2) is 33.4 Å². The number of nitrogens with zero attached hydrogens (tertiary/aromatic N) is 4. The molecule has 0 saturated carbocycles. The van der Waals surface area contributed by atoms with E-state index in [9.17, 15) is 8.78 Å². The first-order valence-electron chi connectivity index (χ1n) is 6.27. The molecule has 0 unspecified atom stereocenters. The monoisotopic (exact) mass is 281 g/mol. The van der Waals surface area contributed by atoms with Crippen LogP contribution in [0.15, 0.2) is 12.1 Å². The van der Waals surface area contributed by atoms with Crippen molar-refractivity contribution in [3.8, 4) is 11.4 Å². The Morgan fingerprint density at radius 1 is 1.20 bits per heavy atom. The van der Waals surface area contributed by atoms with Crippen molar-refractivity contribution in [3.63, 3.8) is 0 Å². The standard InChI is InChI=1S/C12H13F2N5O/c13-9-6-10(14)11(15)5-8(9)12-16-17-18-19(12)7-1-3-20-4-2-7/h5-7H,1-4,15H2. The highest BCUT2D eigenvalue weighted by Crippen LogP contribution is 2.29. The van der Waals surface area contributed by atoms with Crippen LogP contribution in [0.25, 0.3) is 11.4 Å². The second kappa shape index (κ2) is 5.12. The van der Waals surface area contributed by atoms with E-state index in [-0.39, 0.29) is 23.1 Å². The minimum Gasteiger partial charge on any atom is -0.396 e. The summed E-state index contributed by atoms with van der Waals surface area (Å²) < 4.78 is 34.0. The van der Waals surface area contributed by atoms with E-state index in [4.69, 9.17) is 10.5 Å². The van der Waals surface area contributed by atoms with E-state index >= 15 is 0 Å². The fraction of sp³-hybridized carbons (Fsp3) is 0.417. The Kier molecular flexibility index (Phi) is 3.31. The van der Waals surface area contributed by atoms with Gasteiger partial charge in [-0.2, -0.15) is 0 Å². The summed E-state index contributed by atoms with van der Waals surface area (Å²) in [5, 5.41) is 11.3. The van der Waals surface area contributed by atoms with Crippen molar-refractivity contribution >= 4 is 5.69 Å². The maximum Gasteiger partial charge on any atom is 0.185 e. The smallest absolute Gasteiger partial charge is 0.185 e. The van der Waals surface area contributed by atoms with E-state index in [1.165, 1.54) is 6.07 Å². The van der Waals surface area contributed by atoms with Crippen LogP contribution in [0.4, 0.5) is 14.5 Å². The van der Waals surface area contributed by atoms with Crippen molar-refractivity contribution in [2.24, 2.45) is 0 Å². The highest BCUT2D eigenvalue weighted by atomic mass is 19.1. The molecule has 2 heterocycles. The SMILES string of the molecule is Nc1cc(-c2nnnn2C2CCOCC2)c(F)cc1F. The third kappa shape index (κ3) is 2.22. The van der Waals surface area contributed by atoms with Crippen molar-refractivity contribution in [3.05, 3.63) is 23.8 Å². The van der Waals surface area contributed by atoms with Crippen molar-refractivity contribution < 1.29 is 13.5 Å². The lowest BCUT2D eigenvalue weighted by Gasteiger charge is -2.22. The van der Waals surface area contributed by atoms with Crippen LogP contribution in [0.5, 0.6) is 0 Å². The van der Waals surface area contributed by atoms with Crippen molar-refractivity contribution in [1.82, 2.24) is 20.2 Å². The lowest BCUT2D eigenvalue weighted by Crippen LogP contribution is -2.21. The molecular formula is C12H13F2N5O. The Balaban J connectivity index is 2.03. The fourth-order valence-corrected chi connectivity index (χ4v) is 2.28. The number of halogens is 2. The molecule has 0 spiro atoms. The number of hydrogen-bond acceptors (Lipinski definition) is 5. The van der Waals surface area contributed by atoms with Gasteiger partial charge in [0.05, 0.1) is 17.3 Å². The first-order valence-corrected chi connectivity index (χ1v) is 6.27. The molecule has 3 rings (SSSR count). The number of ether oxygens (including phenoxy) is 1. The van der Waals surface area contributed by atoms with Gasteiger partial charge in [-0.3, -0.25) is 0 Å². The summed E-state index contributed by atoms with van der Waals surface area (Å²) in [6.45, 7) is 1.22. The molecule has 1 aromatic carbocycles. The van der Waals surface area contributed by atoms with E-state index in [0.717, 1.165) is 18.9 Å². The van der Waals surface area contributed by atoms with Crippen LogP contribution < -0.4 is 5.73 Å². The van der Waals surface area contributed by atoms with Gasteiger partial charge in [-0.25, -0.2) is 13.5 Å². The Hall–Kier alpha value is -2.09. The molecule has 6 nitrogen and oxygen atoms in total. The maximum atomic E-state index is 13.9. The summed E-state index contributed by atoms with van der Waals surface area (Å²) in [5.41, 5.74) is 5.45. The molecule has 1 saturated heterocycles. The minimum absolute atomic E-state index is 0.0411. The quantitative estimate of drug-likeness (QED) is 0.845. The summed E-state index contributed by atoms with van der Waals surface area (Å²) >= 11 is 0. The third-order valence-electron chi connectivity index (χ3n) is 3.36. The largest absolute Gasteiger partial charge is 0.396 e. The first kappa shape index (κ1) is 12.9. The van der Waals surface area contributed by atoms with Crippen molar-refractivity contribution in [1.29, 1.82) is 0 Å². The Labute approximate surface area is 113 Å². The lowest BCUT2D eigenvalue weighted by atomic mass is 10.1. The molecule has 2 N–H and O–H groups in total. The van der Waals surface area contributed by atoms with Crippen LogP contribution in [0.3, 0.4) is 0 Å². The van der Waals surface area contributed by atoms with Crippen LogP contribution in [-0.2, 0) is 4.74 Å². The van der Waals surface area contributed by atoms with E-state index in [0.29, 0.717) is 13.2 Å². The number of rotatable bonds is 2. The molecule has 1 aromatic heterocycles. The summed E-state index contributed by atoms with van der Waals surface area (Å²) in [7, 11) is 0. The highest BCUT2D eigenvalue weighted by Gasteiger charge is 2.23. The van der Waals surface area contributed by atoms with Gasteiger partial charge >= 0.3 is 0 Å². The zero-order valence-electron chi connectivity index (χ0n) is 10.6. The summed E-state index contributed by atoms with van der Waals surface area (Å²) in [4.78, 5) is 0. The van der Waals surface area contributed by atoms with Crippen molar-refractivity contribution in [2.45, 2.75) is 18.9 Å². The molecular weight excluding hydrogens is 268 g/mol. The lowest BCUT2D eigenvalue weighted by molar-refractivity contribution is 0.0662. The Morgan fingerprint density at radius 3 is 2.70 bits per heavy atom. The number of nitrogen functional groups attached to an aromatic ring is 1. The van der Waals surface area contributed by atoms with E-state index in [1.54, 1.807) is 4.68 Å². The highest BCUT2D eigenvalue weighted by molar-refractivity contribution is 5.62. The second-order valence-electron chi connectivity index (χ2n) is 4.64. The molecule has 1 aliphatic rings. The molecule has 1 fully saturated rings. The zero-order chi connectivity index (χ0) is 14.1. The molecule has 0 aliphatic carbocycles. The molecule has 0 radical (unpaired) electrons. The second-order valence-corrected chi connectivity index (χ2v) is 4.64. The molecule has 0 atom stereocenters. The average Bonchev–Trinajstić information content (AvgIpc) is 2.93. The van der Waals surface area contributed by atoms with E-state index in [1.807, 2.05) is 0 Å². The Bertz CT molecular complexity index is 624. The van der Waals surface area contributed by atoms with E-state index < -0.39 is 11.6 Å². The topological polar surface area (TPSA) is 78.9 Å². The summed E-state index contributed by atoms with van der Waals surface area (Å²) in [6, 6.07) is 2.00. The first-order chi connectivity index (χ1) is 9.66. The number of nitrogens with two attached hydrogens (primary N) is 1. The normalized spacial score (nSPS) is 16.5. The maximum absolute atomic E-state index is 13.9. The van der Waals surface area contributed by atoms with Gasteiger partial charge in [0, 0.05) is 19.3 Å². The number of aromatic nitrogens is 4. The molecule has 106 valence electrons. The van der Waals surface area contributed by atoms with Crippen LogP contribution in [0.2, 0.25) is 0 Å². The molecule has 8 heteroatoms. The Morgan fingerprint density at radius 2 is 1.95 bits per heavy atom. The molecule has 2 aromatic rings. The van der Waals surface area contributed by atoms with Gasteiger partial charge < -0.3 is 10.5 Å². The number of benzene rings is 1. The van der Waals surface area contributed by atoms with Gasteiger partial charge in [0.2, 0.25) is 0 Å². The fourth-order valence-electron chi connectivity index (χ4n) is 2.28. The van der Waals surface area contributed by atoms with Gasteiger partial charge in [0.25, 0.3) is 0 Å². The minimum atomic E-state index is -0.795. The van der Waals surface area contributed by atoms with E-state index in [2.05, 4.69) is 15.5 Å². The van der Waals surface area contributed by atoms with Crippen molar-refractivity contribution in [2.75, 3.05) is 18.9 Å². The van der Waals surface area contributed by atoms with Gasteiger partial charge in [0.15, 0.2) is 5.82 Å². The zero-order valence-corrected chi connectivity index (χ0v) is 10.6. The van der Waals surface area contributed by atoms with Gasteiger partial charge in [-0.05, 0) is 29.3 Å². The van der Waals surface area contributed by atoms with Crippen LogP contribution in [0.1, 0.15) is 18.9 Å². The molecule has 0 amide bonds. The number of anilines is 1. The summed E-state index contributed by atoms with van der Waals surface area (Å²) in [6.07, 6.45) is 1.49. The number of tetrazole rings is 1. The molecule has 0 bridgehead atoms. The predicted octanol–water partition coefficient (Wildman–Crippen LogP) is 1.55.